The number of carbonyl (C=O) groups excluding carboxylic acids is 1. The summed E-state index contributed by atoms with van der Waals surface area (Å²) in [5.41, 5.74) is 5.56. The maximum Gasteiger partial charge on any atom is 0.387 e. The molecular formula is C13H17F2N3O3. The van der Waals surface area contributed by atoms with Gasteiger partial charge in [-0.05, 0) is 18.1 Å². The molecule has 0 radical (unpaired) electrons. The van der Waals surface area contributed by atoms with E-state index in [1.807, 2.05) is 0 Å². The number of nitrogens with two attached hydrogens (primary N) is 1. The molecule has 0 spiro atoms. The molecule has 0 heterocycles. The van der Waals surface area contributed by atoms with Crippen LogP contribution in [0.2, 0.25) is 0 Å². The first kappa shape index (κ1) is 16.7. The fraction of sp³-hybridized carbons (Fsp3) is 0.385. The van der Waals surface area contributed by atoms with Crippen LogP contribution in [0.5, 0.6) is 5.75 Å². The van der Waals surface area contributed by atoms with Crippen LogP contribution in [0, 0.1) is 11.8 Å². The molecule has 0 aliphatic heterocycles. The second-order valence-corrected chi connectivity index (χ2v) is 4.61. The fourth-order valence-corrected chi connectivity index (χ4v) is 1.82. The lowest BCUT2D eigenvalue weighted by Gasteiger charge is -2.19. The molecule has 1 amide bonds. The first-order valence-corrected chi connectivity index (χ1v) is 6.19. The minimum atomic E-state index is -3.01. The fourth-order valence-electron chi connectivity index (χ4n) is 1.82. The van der Waals surface area contributed by atoms with Crippen molar-refractivity contribution in [2.75, 3.05) is 5.32 Å². The predicted octanol–water partition coefficient (Wildman–Crippen LogP) is 2.25. The maximum atomic E-state index is 12.3. The average Bonchev–Trinajstić information content (AvgIpc) is 2.39. The van der Waals surface area contributed by atoms with Gasteiger partial charge in [-0.25, -0.2) is 0 Å². The van der Waals surface area contributed by atoms with Crippen LogP contribution in [-0.4, -0.2) is 23.6 Å². The van der Waals surface area contributed by atoms with E-state index in [9.17, 15) is 13.6 Å². The molecule has 1 aromatic carbocycles. The number of nitrogens with zero attached hydrogens (tertiary/aromatic N) is 1. The van der Waals surface area contributed by atoms with Crippen LogP contribution in [0.4, 0.5) is 14.5 Å². The second-order valence-electron chi connectivity index (χ2n) is 4.61. The van der Waals surface area contributed by atoms with Gasteiger partial charge in [0.1, 0.15) is 11.7 Å². The van der Waals surface area contributed by atoms with Crippen LogP contribution in [0.3, 0.4) is 0 Å². The lowest BCUT2D eigenvalue weighted by Crippen LogP contribution is -2.38. The minimum Gasteiger partial charge on any atom is -0.433 e. The van der Waals surface area contributed by atoms with Crippen LogP contribution >= 0.6 is 0 Å². The zero-order valence-electron chi connectivity index (χ0n) is 11.6. The Morgan fingerprint density at radius 1 is 1.38 bits per heavy atom. The first-order chi connectivity index (χ1) is 9.86. The van der Waals surface area contributed by atoms with Gasteiger partial charge in [0.05, 0.1) is 5.69 Å². The van der Waals surface area contributed by atoms with Crippen molar-refractivity contribution in [3.63, 3.8) is 0 Å². The third-order valence-electron chi connectivity index (χ3n) is 2.74. The van der Waals surface area contributed by atoms with Gasteiger partial charge < -0.3 is 21.0 Å². The van der Waals surface area contributed by atoms with Crippen molar-refractivity contribution in [2.24, 2.45) is 22.7 Å². The highest BCUT2D eigenvalue weighted by atomic mass is 19.3. The number of hydrogen-bond acceptors (Lipinski definition) is 4. The summed E-state index contributed by atoms with van der Waals surface area (Å²) in [5.74, 6) is -2.14. The smallest absolute Gasteiger partial charge is 0.387 e. The monoisotopic (exact) mass is 301 g/mol. The maximum absolute atomic E-state index is 12.3. The van der Waals surface area contributed by atoms with Crippen molar-refractivity contribution in [3.8, 4) is 5.75 Å². The third-order valence-corrected chi connectivity index (χ3v) is 2.74. The van der Waals surface area contributed by atoms with Gasteiger partial charge in [0.25, 0.3) is 0 Å². The number of carbonyl (C=O) groups is 1. The Hall–Kier alpha value is -2.38. The molecule has 0 saturated carbocycles. The highest BCUT2D eigenvalue weighted by Crippen LogP contribution is 2.26. The molecule has 8 heteroatoms. The summed E-state index contributed by atoms with van der Waals surface area (Å²) in [6.45, 7) is 0.418. The van der Waals surface area contributed by atoms with Crippen molar-refractivity contribution in [1.29, 1.82) is 0 Å². The number of hydrogen-bond donors (Lipinski definition) is 3. The van der Waals surface area contributed by atoms with Crippen LogP contribution in [-0.2, 0) is 4.79 Å². The van der Waals surface area contributed by atoms with Crippen LogP contribution < -0.4 is 15.8 Å². The number of para-hydroxylation sites is 2. The molecule has 21 heavy (non-hydrogen) atoms. The Balaban J connectivity index is 2.97. The number of amides is 1. The van der Waals surface area contributed by atoms with Gasteiger partial charge in [-0.1, -0.05) is 31.1 Å². The van der Waals surface area contributed by atoms with E-state index < -0.39 is 18.4 Å². The molecule has 116 valence electrons. The van der Waals surface area contributed by atoms with E-state index in [1.54, 1.807) is 19.9 Å². The Kier molecular flexibility index (Phi) is 5.89. The van der Waals surface area contributed by atoms with Gasteiger partial charge >= 0.3 is 6.61 Å². The Labute approximate surface area is 120 Å². The summed E-state index contributed by atoms with van der Waals surface area (Å²) >= 11 is 0. The summed E-state index contributed by atoms with van der Waals surface area (Å²) in [5, 5.41) is 14.0. The van der Waals surface area contributed by atoms with Gasteiger partial charge in [0.2, 0.25) is 5.91 Å². The zero-order valence-corrected chi connectivity index (χ0v) is 11.6. The van der Waals surface area contributed by atoms with Crippen molar-refractivity contribution >= 4 is 17.4 Å². The van der Waals surface area contributed by atoms with Crippen molar-refractivity contribution in [3.05, 3.63) is 24.3 Å². The number of halogens is 2. The summed E-state index contributed by atoms with van der Waals surface area (Å²) in [7, 11) is 0. The van der Waals surface area contributed by atoms with Gasteiger partial charge in [-0.15, -0.1) is 0 Å². The number of anilines is 1. The molecular weight excluding hydrogens is 284 g/mol. The van der Waals surface area contributed by atoms with E-state index in [0.29, 0.717) is 0 Å². The zero-order chi connectivity index (χ0) is 16.0. The highest BCUT2D eigenvalue weighted by molar-refractivity contribution is 6.08. The molecule has 6 nitrogen and oxygen atoms in total. The summed E-state index contributed by atoms with van der Waals surface area (Å²) < 4.78 is 28.9. The Bertz CT molecular complexity index is 521. The Morgan fingerprint density at radius 2 is 2.00 bits per heavy atom. The predicted molar refractivity (Wildman–Crippen MR) is 73.4 cm³/mol. The number of ether oxygens (including phenoxy) is 1. The van der Waals surface area contributed by atoms with Gasteiger partial charge in [0, 0.05) is 0 Å². The number of amidine groups is 1. The molecule has 0 saturated heterocycles. The van der Waals surface area contributed by atoms with E-state index in [-0.39, 0.29) is 23.2 Å². The summed E-state index contributed by atoms with van der Waals surface area (Å²) in [4.78, 5) is 12.2. The number of benzene rings is 1. The molecule has 4 N–H and O–H groups in total. The van der Waals surface area contributed by atoms with Crippen LogP contribution in [0.25, 0.3) is 0 Å². The van der Waals surface area contributed by atoms with Crippen molar-refractivity contribution < 1.29 is 23.5 Å². The van der Waals surface area contributed by atoms with Gasteiger partial charge in [-0.3, -0.25) is 4.79 Å². The van der Waals surface area contributed by atoms with Gasteiger partial charge in [-0.2, -0.15) is 8.78 Å². The lowest BCUT2D eigenvalue weighted by molar-refractivity contribution is -0.119. The lowest BCUT2D eigenvalue weighted by atomic mass is 9.93. The SMILES string of the molecule is CC(C)C(C(=O)Nc1ccccc1OC(F)F)C(N)=NO. The first-order valence-electron chi connectivity index (χ1n) is 6.19. The van der Waals surface area contributed by atoms with Crippen LogP contribution in [0.15, 0.2) is 29.4 Å². The standard InChI is InChI=1S/C13H17F2N3O3/c1-7(2)10(11(16)18-20)12(19)17-8-5-3-4-6-9(8)21-13(14)15/h3-7,10,13,20H,1-2H3,(H2,16,18)(H,17,19). The molecule has 1 atom stereocenters. The largest absolute Gasteiger partial charge is 0.433 e. The van der Waals surface area contributed by atoms with E-state index in [4.69, 9.17) is 10.9 Å². The van der Waals surface area contributed by atoms with E-state index in [0.717, 1.165) is 0 Å². The minimum absolute atomic E-state index is 0.0826. The van der Waals surface area contributed by atoms with Gasteiger partial charge in [0.15, 0.2) is 5.84 Å². The number of oxime groups is 1. The highest BCUT2D eigenvalue weighted by Gasteiger charge is 2.27. The molecule has 0 bridgehead atoms. The summed E-state index contributed by atoms with van der Waals surface area (Å²) in [6, 6.07) is 5.77. The molecule has 0 aliphatic rings. The number of alkyl halides is 2. The molecule has 1 aromatic rings. The van der Waals surface area contributed by atoms with Crippen LogP contribution in [0.1, 0.15) is 13.8 Å². The molecule has 0 fully saturated rings. The normalized spacial score (nSPS) is 13.3. The quantitative estimate of drug-likeness (QED) is 0.325. The molecule has 1 rings (SSSR count). The molecule has 0 aliphatic carbocycles. The van der Waals surface area contributed by atoms with E-state index in [1.165, 1.54) is 18.2 Å². The second kappa shape index (κ2) is 7.41. The van der Waals surface area contributed by atoms with E-state index >= 15 is 0 Å². The van der Waals surface area contributed by atoms with Crippen molar-refractivity contribution in [1.82, 2.24) is 0 Å². The number of nitrogens with one attached hydrogen (secondary N) is 1. The van der Waals surface area contributed by atoms with Crippen molar-refractivity contribution in [2.45, 2.75) is 20.5 Å². The topological polar surface area (TPSA) is 96.9 Å². The molecule has 0 aromatic heterocycles. The van der Waals surface area contributed by atoms with E-state index in [2.05, 4.69) is 15.2 Å². The number of rotatable bonds is 6. The Morgan fingerprint density at radius 3 is 2.52 bits per heavy atom. The summed E-state index contributed by atoms with van der Waals surface area (Å²) in [6.07, 6.45) is 0. The molecule has 1 unspecified atom stereocenters. The average molecular weight is 301 g/mol. The third kappa shape index (κ3) is 4.59.